The molecule has 4 nitrogen and oxygen atoms in total. The van der Waals surface area contributed by atoms with Gasteiger partial charge in [0.1, 0.15) is 5.82 Å². The zero-order chi connectivity index (χ0) is 21.6. The maximum Gasteiger partial charge on any atom is 0.233 e. The van der Waals surface area contributed by atoms with Crippen LogP contribution in [0.2, 0.25) is 0 Å². The number of amides is 1. The van der Waals surface area contributed by atoms with Crippen molar-refractivity contribution >= 4 is 22.5 Å². The summed E-state index contributed by atoms with van der Waals surface area (Å²) in [6.07, 6.45) is 4.69. The van der Waals surface area contributed by atoms with E-state index in [0.717, 1.165) is 34.3 Å². The summed E-state index contributed by atoms with van der Waals surface area (Å²) in [5, 5.41) is 5.41. The Labute approximate surface area is 180 Å². The molecule has 4 aromatic rings. The Morgan fingerprint density at radius 2 is 1.71 bits per heavy atom. The SMILES string of the molecule is CC[C@@]1(C)[CH][C@H](c2ccccc2)N(c2ccc3c(cnn3-c3ccc(F)cc3)c2)C1=O. The summed E-state index contributed by atoms with van der Waals surface area (Å²) in [7, 11) is 0. The molecule has 1 aliphatic heterocycles. The third-order valence-corrected chi connectivity index (χ3v) is 6.29. The van der Waals surface area contributed by atoms with E-state index in [4.69, 9.17) is 0 Å². The summed E-state index contributed by atoms with van der Waals surface area (Å²) in [5.41, 5.74) is 3.12. The molecule has 1 radical (unpaired) electrons. The zero-order valence-electron chi connectivity index (χ0n) is 17.5. The minimum Gasteiger partial charge on any atom is -0.304 e. The van der Waals surface area contributed by atoms with Crippen LogP contribution in [-0.4, -0.2) is 15.7 Å². The van der Waals surface area contributed by atoms with Crippen LogP contribution in [0, 0.1) is 17.7 Å². The van der Waals surface area contributed by atoms with Gasteiger partial charge < -0.3 is 4.90 Å². The summed E-state index contributed by atoms with van der Waals surface area (Å²) in [5.74, 6) is -0.175. The van der Waals surface area contributed by atoms with Gasteiger partial charge in [-0.3, -0.25) is 4.79 Å². The molecule has 2 heterocycles. The molecule has 0 N–H and O–H groups in total. The molecular formula is C26H23FN3O. The molecular weight excluding hydrogens is 389 g/mol. The lowest BCUT2D eigenvalue weighted by molar-refractivity contribution is -0.124. The van der Waals surface area contributed by atoms with Crippen molar-refractivity contribution in [3.05, 3.63) is 96.8 Å². The van der Waals surface area contributed by atoms with Gasteiger partial charge in [0.2, 0.25) is 5.91 Å². The minimum atomic E-state index is -0.506. The summed E-state index contributed by atoms with van der Waals surface area (Å²) in [4.78, 5) is 15.4. The third kappa shape index (κ3) is 3.21. The number of rotatable bonds is 4. The molecule has 2 atom stereocenters. The van der Waals surface area contributed by atoms with Crippen molar-refractivity contribution < 1.29 is 9.18 Å². The van der Waals surface area contributed by atoms with E-state index in [2.05, 4.69) is 30.6 Å². The number of anilines is 1. The lowest BCUT2D eigenvalue weighted by Gasteiger charge is -2.26. The van der Waals surface area contributed by atoms with E-state index in [1.165, 1.54) is 12.1 Å². The second kappa shape index (κ2) is 7.34. The van der Waals surface area contributed by atoms with E-state index in [0.29, 0.717) is 0 Å². The third-order valence-electron chi connectivity index (χ3n) is 6.29. The number of aromatic nitrogens is 2. The first kappa shape index (κ1) is 19.5. The summed E-state index contributed by atoms with van der Waals surface area (Å²) >= 11 is 0. The molecule has 0 unspecified atom stereocenters. The highest BCUT2D eigenvalue weighted by atomic mass is 19.1. The van der Waals surface area contributed by atoms with Gasteiger partial charge in [0.15, 0.2) is 0 Å². The lowest BCUT2D eigenvalue weighted by atomic mass is 9.83. The standard InChI is InChI=1S/C26H23FN3O/c1-3-26(2)16-24(18-7-5-4-6-8-18)29(25(26)31)22-13-14-23-19(15-22)17-28-30(23)21-11-9-20(27)10-12-21/h4-17,24H,3H2,1-2H3/t24-,26+/m1/s1. The average Bonchev–Trinajstić information content (AvgIpc) is 3.34. The number of fused-ring (bicyclic) bond motifs is 1. The van der Waals surface area contributed by atoms with Crippen molar-refractivity contribution in [3.63, 3.8) is 0 Å². The maximum absolute atomic E-state index is 13.5. The number of halogens is 1. The Balaban J connectivity index is 1.58. The Bertz CT molecular complexity index is 1250. The molecule has 5 rings (SSSR count). The van der Waals surface area contributed by atoms with E-state index in [1.54, 1.807) is 23.0 Å². The Hall–Kier alpha value is -3.47. The predicted molar refractivity (Wildman–Crippen MR) is 120 cm³/mol. The summed E-state index contributed by atoms with van der Waals surface area (Å²) < 4.78 is 15.1. The van der Waals surface area contributed by atoms with Gasteiger partial charge in [-0.1, -0.05) is 44.2 Å². The van der Waals surface area contributed by atoms with Gasteiger partial charge in [0, 0.05) is 17.5 Å². The van der Waals surface area contributed by atoms with Gasteiger partial charge >= 0.3 is 0 Å². The molecule has 1 fully saturated rings. The highest BCUT2D eigenvalue weighted by Gasteiger charge is 2.48. The van der Waals surface area contributed by atoms with Crippen LogP contribution in [0.3, 0.4) is 0 Å². The molecule has 1 amide bonds. The number of hydrogen-bond donors (Lipinski definition) is 0. The van der Waals surface area contributed by atoms with Gasteiger partial charge in [-0.2, -0.15) is 5.10 Å². The van der Waals surface area contributed by atoms with Crippen LogP contribution in [-0.2, 0) is 4.79 Å². The first-order valence-electron chi connectivity index (χ1n) is 10.5. The van der Waals surface area contributed by atoms with E-state index >= 15 is 0 Å². The molecule has 1 aliphatic rings. The minimum absolute atomic E-state index is 0.106. The number of carbonyl (C=O) groups excluding carboxylic acids is 1. The fourth-order valence-electron chi connectivity index (χ4n) is 4.30. The second-order valence-electron chi connectivity index (χ2n) is 8.24. The quantitative estimate of drug-likeness (QED) is 0.420. The molecule has 1 aromatic heterocycles. The number of carbonyl (C=O) groups is 1. The van der Waals surface area contributed by atoms with Gasteiger partial charge in [-0.05, 0) is 54.4 Å². The van der Waals surface area contributed by atoms with Crippen LogP contribution in [0.1, 0.15) is 31.9 Å². The zero-order valence-corrected chi connectivity index (χ0v) is 17.5. The van der Waals surface area contributed by atoms with Crippen molar-refractivity contribution in [2.45, 2.75) is 26.3 Å². The molecule has 31 heavy (non-hydrogen) atoms. The predicted octanol–water partition coefficient (Wildman–Crippen LogP) is 5.87. The van der Waals surface area contributed by atoms with Crippen LogP contribution in [0.4, 0.5) is 10.1 Å². The van der Waals surface area contributed by atoms with Crippen LogP contribution in [0.25, 0.3) is 16.6 Å². The van der Waals surface area contributed by atoms with Crippen molar-refractivity contribution in [2.75, 3.05) is 4.90 Å². The van der Waals surface area contributed by atoms with Crippen molar-refractivity contribution in [3.8, 4) is 5.69 Å². The van der Waals surface area contributed by atoms with Crippen molar-refractivity contribution in [1.82, 2.24) is 9.78 Å². The Morgan fingerprint density at radius 1 is 1.00 bits per heavy atom. The smallest absolute Gasteiger partial charge is 0.233 e. The molecule has 3 aromatic carbocycles. The van der Waals surface area contributed by atoms with E-state index in [-0.39, 0.29) is 17.8 Å². The van der Waals surface area contributed by atoms with E-state index in [1.807, 2.05) is 48.2 Å². The van der Waals surface area contributed by atoms with Crippen LogP contribution in [0.5, 0.6) is 0 Å². The van der Waals surface area contributed by atoms with Crippen LogP contribution in [0.15, 0.2) is 79.0 Å². The second-order valence-corrected chi connectivity index (χ2v) is 8.24. The van der Waals surface area contributed by atoms with Crippen molar-refractivity contribution in [2.24, 2.45) is 5.41 Å². The molecule has 0 spiro atoms. The monoisotopic (exact) mass is 412 g/mol. The summed E-state index contributed by atoms with van der Waals surface area (Å²) in [6, 6.07) is 22.2. The highest BCUT2D eigenvalue weighted by Crippen LogP contribution is 2.47. The van der Waals surface area contributed by atoms with Crippen molar-refractivity contribution in [1.29, 1.82) is 0 Å². The Morgan fingerprint density at radius 3 is 2.42 bits per heavy atom. The first-order valence-corrected chi connectivity index (χ1v) is 10.5. The van der Waals surface area contributed by atoms with Crippen LogP contribution >= 0.6 is 0 Å². The van der Waals surface area contributed by atoms with Gasteiger partial charge in [-0.15, -0.1) is 0 Å². The topological polar surface area (TPSA) is 38.1 Å². The van der Waals surface area contributed by atoms with Crippen LogP contribution < -0.4 is 4.90 Å². The number of hydrogen-bond acceptors (Lipinski definition) is 2. The van der Waals surface area contributed by atoms with Gasteiger partial charge in [0.25, 0.3) is 0 Å². The first-order chi connectivity index (χ1) is 15.0. The van der Waals surface area contributed by atoms with E-state index in [9.17, 15) is 9.18 Å². The maximum atomic E-state index is 13.5. The molecule has 5 heteroatoms. The summed E-state index contributed by atoms with van der Waals surface area (Å²) in [6.45, 7) is 4.06. The normalized spacial score (nSPS) is 21.2. The largest absolute Gasteiger partial charge is 0.304 e. The molecule has 155 valence electrons. The van der Waals surface area contributed by atoms with Gasteiger partial charge in [0.05, 0.1) is 28.9 Å². The molecule has 0 bridgehead atoms. The Kier molecular flexibility index (Phi) is 4.62. The number of benzene rings is 3. The molecule has 0 aliphatic carbocycles. The molecule has 1 saturated heterocycles. The highest BCUT2D eigenvalue weighted by molar-refractivity contribution is 6.03. The number of nitrogens with zero attached hydrogens (tertiary/aromatic N) is 3. The van der Waals surface area contributed by atoms with Gasteiger partial charge in [-0.25, -0.2) is 9.07 Å². The average molecular weight is 412 g/mol. The fraction of sp³-hybridized carbons (Fsp3) is 0.192. The van der Waals surface area contributed by atoms with E-state index < -0.39 is 5.41 Å². The molecule has 0 saturated carbocycles. The fourth-order valence-corrected chi connectivity index (χ4v) is 4.30. The lowest BCUT2D eigenvalue weighted by Crippen LogP contribution is -2.33.